The van der Waals surface area contributed by atoms with E-state index in [9.17, 15) is 4.79 Å². The molecule has 2 unspecified atom stereocenters. The number of carbonyl (C=O) groups excluding carboxylic acids is 1. The summed E-state index contributed by atoms with van der Waals surface area (Å²) in [4.78, 5) is 13.5. The molecule has 0 amide bonds. The van der Waals surface area contributed by atoms with Crippen molar-refractivity contribution in [2.75, 3.05) is 14.2 Å². The molecule has 1 rings (SSSR count). The van der Waals surface area contributed by atoms with Crippen molar-refractivity contribution in [3.63, 3.8) is 0 Å². The summed E-state index contributed by atoms with van der Waals surface area (Å²) in [5, 5.41) is 0. The lowest BCUT2D eigenvalue weighted by Crippen LogP contribution is -2.39. The first-order valence-corrected chi connectivity index (χ1v) is 4.87. The van der Waals surface area contributed by atoms with Crippen LogP contribution in [-0.2, 0) is 9.53 Å². The van der Waals surface area contributed by atoms with E-state index in [1.807, 2.05) is 6.92 Å². The number of hydrogen-bond donors (Lipinski definition) is 0. The van der Waals surface area contributed by atoms with Crippen molar-refractivity contribution >= 4 is 5.97 Å². The second kappa shape index (κ2) is 4.09. The Labute approximate surface area is 80.1 Å². The van der Waals surface area contributed by atoms with Crippen LogP contribution in [0.1, 0.15) is 26.7 Å². The Balaban J connectivity index is 2.44. The standard InChI is InChI=1S/C10H19NO2/c1-7(10(12)13-4)8(2)11(3)9-5-6-9/h7-9H,5-6H2,1-4H3. The summed E-state index contributed by atoms with van der Waals surface area (Å²) in [5.41, 5.74) is 0. The first-order valence-electron chi connectivity index (χ1n) is 4.87. The molecule has 13 heavy (non-hydrogen) atoms. The zero-order chi connectivity index (χ0) is 10.0. The third-order valence-electron chi connectivity index (χ3n) is 3.06. The largest absolute Gasteiger partial charge is 0.469 e. The average molecular weight is 185 g/mol. The zero-order valence-corrected chi connectivity index (χ0v) is 8.91. The smallest absolute Gasteiger partial charge is 0.309 e. The SMILES string of the molecule is COC(=O)C(C)C(C)N(C)C1CC1. The highest BCUT2D eigenvalue weighted by Gasteiger charge is 2.33. The van der Waals surface area contributed by atoms with Crippen molar-refractivity contribution in [1.29, 1.82) is 0 Å². The maximum Gasteiger partial charge on any atom is 0.309 e. The Morgan fingerprint density at radius 2 is 2.00 bits per heavy atom. The van der Waals surface area contributed by atoms with Gasteiger partial charge >= 0.3 is 5.97 Å². The first kappa shape index (κ1) is 10.5. The molecule has 1 aliphatic rings. The summed E-state index contributed by atoms with van der Waals surface area (Å²) < 4.78 is 4.72. The van der Waals surface area contributed by atoms with Crippen LogP contribution in [0, 0.1) is 5.92 Å². The van der Waals surface area contributed by atoms with E-state index >= 15 is 0 Å². The highest BCUT2D eigenvalue weighted by Crippen LogP contribution is 2.29. The van der Waals surface area contributed by atoms with Crippen LogP contribution in [0.5, 0.6) is 0 Å². The number of methoxy groups -OCH3 is 1. The summed E-state index contributed by atoms with van der Waals surface area (Å²) in [6.45, 7) is 4.01. The molecule has 2 atom stereocenters. The van der Waals surface area contributed by atoms with Gasteiger partial charge in [0.1, 0.15) is 0 Å². The third-order valence-corrected chi connectivity index (χ3v) is 3.06. The Hall–Kier alpha value is -0.570. The van der Waals surface area contributed by atoms with Gasteiger partial charge in [-0.1, -0.05) is 6.92 Å². The summed E-state index contributed by atoms with van der Waals surface area (Å²) in [7, 11) is 3.53. The number of ether oxygens (including phenoxy) is 1. The van der Waals surface area contributed by atoms with E-state index in [4.69, 9.17) is 4.74 Å². The van der Waals surface area contributed by atoms with Crippen molar-refractivity contribution in [2.45, 2.75) is 38.8 Å². The molecule has 0 aromatic heterocycles. The molecule has 76 valence electrons. The fourth-order valence-electron chi connectivity index (χ4n) is 1.55. The van der Waals surface area contributed by atoms with Crippen molar-refractivity contribution in [1.82, 2.24) is 4.90 Å². The number of rotatable bonds is 4. The van der Waals surface area contributed by atoms with Crippen LogP contribution in [0.4, 0.5) is 0 Å². The maximum atomic E-state index is 11.3. The van der Waals surface area contributed by atoms with Gasteiger partial charge in [0.25, 0.3) is 0 Å². The van der Waals surface area contributed by atoms with E-state index in [-0.39, 0.29) is 17.9 Å². The van der Waals surface area contributed by atoms with Gasteiger partial charge in [0.05, 0.1) is 13.0 Å². The highest BCUT2D eigenvalue weighted by atomic mass is 16.5. The lowest BCUT2D eigenvalue weighted by Gasteiger charge is -2.28. The molecule has 0 spiro atoms. The minimum absolute atomic E-state index is 0.0319. The molecule has 1 aliphatic carbocycles. The van der Waals surface area contributed by atoms with Gasteiger partial charge in [-0.25, -0.2) is 0 Å². The van der Waals surface area contributed by atoms with Crippen molar-refractivity contribution in [3.05, 3.63) is 0 Å². The predicted molar refractivity (Wildman–Crippen MR) is 51.4 cm³/mol. The van der Waals surface area contributed by atoms with E-state index < -0.39 is 0 Å². The molecule has 0 N–H and O–H groups in total. The third kappa shape index (κ3) is 2.44. The molecule has 3 nitrogen and oxygen atoms in total. The van der Waals surface area contributed by atoms with Crippen LogP contribution in [0.25, 0.3) is 0 Å². The van der Waals surface area contributed by atoms with Gasteiger partial charge in [0.2, 0.25) is 0 Å². The average Bonchev–Trinajstić information content (AvgIpc) is 2.96. The fraction of sp³-hybridized carbons (Fsp3) is 0.900. The van der Waals surface area contributed by atoms with Gasteiger partial charge in [-0.05, 0) is 26.8 Å². The lowest BCUT2D eigenvalue weighted by molar-refractivity contribution is -0.146. The second-order valence-corrected chi connectivity index (χ2v) is 3.95. The van der Waals surface area contributed by atoms with Crippen LogP contribution < -0.4 is 0 Å². The van der Waals surface area contributed by atoms with Gasteiger partial charge in [0, 0.05) is 12.1 Å². The van der Waals surface area contributed by atoms with Gasteiger partial charge in [0.15, 0.2) is 0 Å². The van der Waals surface area contributed by atoms with Crippen LogP contribution in [-0.4, -0.2) is 37.1 Å². The van der Waals surface area contributed by atoms with Crippen LogP contribution in [0.2, 0.25) is 0 Å². The normalized spacial score (nSPS) is 21.3. The Kier molecular flexibility index (Phi) is 3.31. The molecule has 3 heteroatoms. The van der Waals surface area contributed by atoms with E-state index in [1.54, 1.807) is 0 Å². The van der Waals surface area contributed by atoms with Crippen LogP contribution >= 0.6 is 0 Å². The Morgan fingerprint density at radius 3 is 2.38 bits per heavy atom. The quantitative estimate of drug-likeness (QED) is 0.618. The van der Waals surface area contributed by atoms with Crippen molar-refractivity contribution < 1.29 is 9.53 Å². The molecule has 0 aliphatic heterocycles. The zero-order valence-electron chi connectivity index (χ0n) is 8.91. The highest BCUT2D eigenvalue weighted by molar-refractivity contribution is 5.72. The molecule has 0 aromatic carbocycles. The molecule has 0 saturated heterocycles. The molecule has 1 fully saturated rings. The number of nitrogens with zero attached hydrogens (tertiary/aromatic N) is 1. The van der Waals surface area contributed by atoms with Crippen LogP contribution in [0.15, 0.2) is 0 Å². The molecule has 0 bridgehead atoms. The summed E-state index contributed by atoms with van der Waals surface area (Å²) in [6, 6.07) is 0.974. The molecule has 0 radical (unpaired) electrons. The Bertz CT molecular complexity index is 189. The lowest BCUT2D eigenvalue weighted by atomic mass is 10.0. The molecular weight excluding hydrogens is 166 g/mol. The minimum Gasteiger partial charge on any atom is -0.469 e. The van der Waals surface area contributed by atoms with Gasteiger partial charge in [-0.15, -0.1) is 0 Å². The van der Waals surface area contributed by atoms with Crippen LogP contribution in [0.3, 0.4) is 0 Å². The second-order valence-electron chi connectivity index (χ2n) is 3.95. The Morgan fingerprint density at radius 1 is 1.46 bits per heavy atom. The number of carbonyl (C=O) groups is 1. The van der Waals surface area contributed by atoms with Gasteiger partial charge < -0.3 is 4.74 Å². The first-order chi connectivity index (χ1) is 6.07. The molecule has 0 heterocycles. The summed E-state index contributed by atoms with van der Waals surface area (Å²) in [6.07, 6.45) is 2.55. The van der Waals surface area contributed by atoms with Crippen molar-refractivity contribution in [2.24, 2.45) is 5.92 Å². The van der Waals surface area contributed by atoms with E-state index in [0.717, 1.165) is 0 Å². The summed E-state index contributed by atoms with van der Waals surface area (Å²) >= 11 is 0. The molecular formula is C10H19NO2. The topological polar surface area (TPSA) is 29.5 Å². The predicted octanol–water partition coefficient (Wildman–Crippen LogP) is 1.28. The number of esters is 1. The molecule has 0 aromatic rings. The van der Waals surface area contributed by atoms with Crippen molar-refractivity contribution in [3.8, 4) is 0 Å². The molecule has 1 saturated carbocycles. The van der Waals surface area contributed by atoms with Gasteiger partial charge in [-0.3, -0.25) is 9.69 Å². The minimum atomic E-state index is -0.111. The monoisotopic (exact) mass is 185 g/mol. The fourth-order valence-corrected chi connectivity index (χ4v) is 1.55. The number of hydrogen-bond acceptors (Lipinski definition) is 3. The van der Waals surface area contributed by atoms with E-state index in [1.165, 1.54) is 20.0 Å². The van der Waals surface area contributed by atoms with E-state index in [0.29, 0.717) is 6.04 Å². The summed E-state index contributed by atoms with van der Waals surface area (Å²) in [5.74, 6) is -0.143. The maximum absolute atomic E-state index is 11.3. The van der Waals surface area contributed by atoms with Gasteiger partial charge in [-0.2, -0.15) is 0 Å². The van der Waals surface area contributed by atoms with E-state index in [2.05, 4.69) is 18.9 Å².